The lowest BCUT2D eigenvalue weighted by Gasteiger charge is -2.26. The molecule has 5 nitrogen and oxygen atoms in total. The molecule has 1 amide bonds. The van der Waals surface area contributed by atoms with E-state index in [0.29, 0.717) is 5.69 Å². The van der Waals surface area contributed by atoms with Gasteiger partial charge in [0.2, 0.25) is 5.91 Å². The molecule has 0 aromatic heterocycles. The van der Waals surface area contributed by atoms with Crippen LogP contribution in [0.4, 0.5) is 14.5 Å². The summed E-state index contributed by atoms with van der Waals surface area (Å²) in [5.74, 6) is -3.22. The normalized spacial score (nSPS) is 24.5. The Bertz CT molecular complexity index is 545. The van der Waals surface area contributed by atoms with Crippen molar-refractivity contribution >= 4 is 11.6 Å². The van der Waals surface area contributed by atoms with Crippen molar-refractivity contribution in [2.24, 2.45) is 0 Å². The summed E-state index contributed by atoms with van der Waals surface area (Å²) in [6.07, 6.45) is -0.450. The second kappa shape index (κ2) is 6.90. The molecule has 1 aromatic carbocycles. The van der Waals surface area contributed by atoms with Crippen molar-refractivity contribution in [2.45, 2.75) is 24.9 Å². The van der Waals surface area contributed by atoms with Gasteiger partial charge in [-0.05, 0) is 17.7 Å². The van der Waals surface area contributed by atoms with Crippen molar-refractivity contribution in [1.82, 2.24) is 10.2 Å². The third kappa shape index (κ3) is 4.46. The lowest BCUT2D eigenvalue weighted by atomic mass is 10.1. The molecule has 2 heterocycles. The van der Waals surface area contributed by atoms with Gasteiger partial charge in [-0.1, -0.05) is 12.1 Å². The molecular weight excluding hydrogens is 304 g/mol. The maximum atomic E-state index is 13.1. The van der Waals surface area contributed by atoms with Crippen molar-refractivity contribution in [3.05, 3.63) is 29.8 Å². The number of alkyl halides is 2. The van der Waals surface area contributed by atoms with E-state index in [9.17, 15) is 13.6 Å². The van der Waals surface area contributed by atoms with Crippen molar-refractivity contribution in [3.63, 3.8) is 0 Å². The Morgan fingerprint density at radius 2 is 2.00 bits per heavy atom. The predicted molar refractivity (Wildman–Crippen MR) is 82.5 cm³/mol. The van der Waals surface area contributed by atoms with Crippen LogP contribution in [0.3, 0.4) is 0 Å². The van der Waals surface area contributed by atoms with E-state index >= 15 is 0 Å². The molecule has 0 spiro atoms. The zero-order chi connectivity index (χ0) is 16.3. The summed E-state index contributed by atoms with van der Waals surface area (Å²) in [6, 6.07) is 6.67. The zero-order valence-electron chi connectivity index (χ0n) is 12.9. The van der Waals surface area contributed by atoms with Gasteiger partial charge in [0.05, 0.1) is 25.8 Å². The van der Waals surface area contributed by atoms with Crippen LogP contribution in [0.15, 0.2) is 24.3 Å². The Hall–Kier alpha value is -1.57. The van der Waals surface area contributed by atoms with Gasteiger partial charge in [-0.15, -0.1) is 0 Å². The predicted octanol–water partition coefficient (Wildman–Crippen LogP) is 1.45. The lowest BCUT2D eigenvalue weighted by Crippen LogP contribution is -2.36. The molecule has 2 fully saturated rings. The Morgan fingerprint density at radius 3 is 2.61 bits per heavy atom. The minimum atomic E-state index is -2.80. The molecule has 1 atom stereocenters. The number of benzene rings is 1. The zero-order valence-corrected chi connectivity index (χ0v) is 12.9. The fraction of sp³-hybridized carbons (Fsp3) is 0.562. The van der Waals surface area contributed by atoms with E-state index in [1.807, 2.05) is 12.1 Å². The monoisotopic (exact) mass is 325 g/mol. The highest BCUT2D eigenvalue weighted by atomic mass is 19.3. The minimum absolute atomic E-state index is 0.414. The first-order valence-electron chi connectivity index (χ1n) is 7.83. The van der Waals surface area contributed by atoms with Crippen molar-refractivity contribution < 1.29 is 18.3 Å². The number of halogens is 2. The van der Waals surface area contributed by atoms with E-state index in [1.165, 1.54) is 0 Å². The van der Waals surface area contributed by atoms with Crippen LogP contribution in [0.5, 0.6) is 0 Å². The molecule has 1 unspecified atom stereocenters. The average molecular weight is 325 g/mol. The molecule has 3 rings (SSSR count). The molecule has 0 bridgehead atoms. The fourth-order valence-electron chi connectivity index (χ4n) is 2.84. The number of ether oxygens (including phenoxy) is 1. The fourth-order valence-corrected chi connectivity index (χ4v) is 2.84. The van der Waals surface area contributed by atoms with Crippen LogP contribution in [0.1, 0.15) is 12.0 Å². The van der Waals surface area contributed by atoms with Crippen LogP contribution < -0.4 is 10.6 Å². The van der Waals surface area contributed by atoms with Gasteiger partial charge in [0.15, 0.2) is 0 Å². The van der Waals surface area contributed by atoms with Gasteiger partial charge in [0.1, 0.15) is 0 Å². The smallest absolute Gasteiger partial charge is 0.262 e. The summed E-state index contributed by atoms with van der Waals surface area (Å²) in [6.45, 7) is 3.75. The number of carbonyl (C=O) groups is 1. The van der Waals surface area contributed by atoms with E-state index < -0.39 is 30.8 Å². The molecule has 23 heavy (non-hydrogen) atoms. The number of nitrogens with one attached hydrogen (secondary N) is 2. The third-order valence-corrected chi connectivity index (χ3v) is 4.16. The van der Waals surface area contributed by atoms with E-state index in [2.05, 4.69) is 15.5 Å². The molecular formula is C16H21F2N3O2. The first-order valence-corrected chi connectivity index (χ1v) is 7.83. The molecule has 126 valence electrons. The SMILES string of the molecule is O=C(Nc1ccc(CN2CCOCC2)cc1)C1CC(F)(F)CN1. The maximum absolute atomic E-state index is 13.1. The van der Waals surface area contributed by atoms with Crippen molar-refractivity contribution in [2.75, 3.05) is 38.2 Å². The summed E-state index contributed by atoms with van der Waals surface area (Å²) < 4.78 is 31.5. The average Bonchev–Trinajstić information content (AvgIpc) is 2.90. The Labute approximate surface area is 134 Å². The van der Waals surface area contributed by atoms with Crippen molar-refractivity contribution in [3.8, 4) is 0 Å². The van der Waals surface area contributed by atoms with Gasteiger partial charge in [-0.2, -0.15) is 0 Å². The van der Waals surface area contributed by atoms with Crippen LogP contribution in [-0.4, -0.2) is 55.6 Å². The Balaban J connectivity index is 1.52. The van der Waals surface area contributed by atoms with E-state index in [4.69, 9.17) is 4.74 Å². The molecule has 2 aliphatic heterocycles. The third-order valence-electron chi connectivity index (χ3n) is 4.16. The number of morpholine rings is 1. The van der Waals surface area contributed by atoms with Crippen LogP contribution in [0.25, 0.3) is 0 Å². The van der Waals surface area contributed by atoms with Gasteiger partial charge in [0, 0.05) is 31.7 Å². The summed E-state index contributed by atoms with van der Waals surface area (Å²) in [4.78, 5) is 14.3. The molecule has 2 N–H and O–H groups in total. The summed E-state index contributed by atoms with van der Waals surface area (Å²) in [5.41, 5.74) is 1.77. The highest BCUT2D eigenvalue weighted by molar-refractivity contribution is 5.95. The van der Waals surface area contributed by atoms with E-state index in [0.717, 1.165) is 38.4 Å². The van der Waals surface area contributed by atoms with Crippen LogP contribution >= 0.6 is 0 Å². The summed E-state index contributed by atoms with van der Waals surface area (Å²) in [7, 11) is 0. The maximum Gasteiger partial charge on any atom is 0.262 e. The highest BCUT2D eigenvalue weighted by Gasteiger charge is 2.42. The van der Waals surface area contributed by atoms with Gasteiger partial charge in [0.25, 0.3) is 5.92 Å². The summed E-state index contributed by atoms with van der Waals surface area (Å²) >= 11 is 0. The number of nitrogens with zero attached hydrogens (tertiary/aromatic N) is 1. The molecule has 2 saturated heterocycles. The molecule has 0 saturated carbocycles. The van der Waals surface area contributed by atoms with Crippen LogP contribution in [-0.2, 0) is 16.1 Å². The summed E-state index contributed by atoms with van der Waals surface area (Å²) in [5, 5.41) is 5.24. The number of anilines is 1. The number of amides is 1. The van der Waals surface area contributed by atoms with E-state index in [-0.39, 0.29) is 0 Å². The largest absolute Gasteiger partial charge is 0.379 e. The number of rotatable bonds is 4. The van der Waals surface area contributed by atoms with E-state index in [1.54, 1.807) is 12.1 Å². The van der Waals surface area contributed by atoms with Gasteiger partial charge in [-0.3, -0.25) is 15.0 Å². The van der Waals surface area contributed by atoms with Gasteiger partial charge < -0.3 is 10.1 Å². The topological polar surface area (TPSA) is 53.6 Å². The van der Waals surface area contributed by atoms with Crippen LogP contribution in [0.2, 0.25) is 0 Å². The second-order valence-corrected chi connectivity index (χ2v) is 6.07. The first-order chi connectivity index (χ1) is 11.0. The van der Waals surface area contributed by atoms with Crippen molar-refractivity contribution in [1.29, 1.82) is 0 Å². The molecule has 0 aliphatic carbocycles. The van der Waals surface area contributed by atoms with Gasteiger partial charge >= 0.3 is 0 Å². The Morgan fingerprint density at radius 1 is 1.30 bits per heavy atom. The quantitative estimate of drug-likeness (QED) is 0.880. The van der Waals surface area contributed by atoms with Crippen LogP contribution in [0, 0.1) is 0 Å². The number of hydrogen-bond acceptors (Lipinski definition) is 4. The lowest BCUT2D eigenvalue weighted by molar-refractivity contribution is -0.118. The molecule has 7 heteroatoms. The first kappa shape index (κ1) is 16.3. The number of hydrogen-bond donors (Lipinski definition) is 2. The molecule has 0 radical (unpaired) electrons. The molecule has 1 aromatic rings. The Kier molecular flexibility index (Phi) is 4.89. The molecule has 2 aliphatic rings. The van der Waals surface area contributed by atoms with Gasteiger partial charge in [-0.25, -0.2) is 8.78 Å². The highest BCUT2D eigenvalue weighted by Crippen LogP contribution is 2.25. The standard InChI is InChI=1S/C16H21F2N3O2/c17-16(18)9-14(19-11-16)15(22)20-13-3-1-12(2-4-13)10-21-5-7-23-8-6-21/h1-4,14,19H,5-11H2,(H,20,22). The minimum Gasteiger partial charge on any atom is -0.379 e. The second-order valence-electron chi connectivity index (χ2n) is 6.07. The number of carbonyl (C=O) groups excluding carboxylic acids is 1.